The van der Waals surface area contributed by atoms with Crippen LogP contribution in [0.1, 0.15) is 54.1 Å². The van der Waals surface area contributed by atoms with E-state index >= 15 is 0 Å². The van der Waals surface area contributed by atoms with E-state index in [0.29, 0.717) is 18.9 Å². The maximum Gasteiger partial charge on any atom is 0.315 e. The van der Waals surface area contributed by atoms with Crippen molar-refractivity contribution in [2.75, 3.05) is 6.61 Å². The third-order valence-corrected chi connectivity index (χ3v) is 5.32. The van der Waals surface area contributed by atoms with Crippen LogP contribution in [0.25, 0.3) is 0 Å². The molecule has 2 rings (SSSR count). The highest BCUT2D eigenvalue weighted by atomic mass is 32.1. The summed E-state index contributed by atoms with van der Waals surface area (Å²) in [6.45, 7) is 4.57. The fourth-order valence-corrected chi connectivity index (χ4v) is 4.06. The van der Waals surface area contributed by atoms with Gasteiger partial charge in [-0.3, -0.25) is 0 Å². The molecule has 0 radical (unpaired) electrons. The van der Waals surface area contributed by atoms with E-state index in [1.807, 2.05) is 13.8 Å². The highest BCUT2D eigenvalue weighted by Gasteiger charge is 2.24. The van der Waals surface area contributed by atoms with E-state index in [4.69, 9.17) is 0 Å². The molecule has 1 unspecified atom stereocenters. The number of thiazole rings is 1. The molecule has 1 aromatic rings. The predicted octanol–water partition coefficient (Wildman–Crippen LogP) is 2.89. The molecular weight excluding hydrogens is 298 g/mol. The summed E-state index contributed by atoms with van der Waals surface area (Å²) >= 11 is 1.65. The number of aryl methyl sites for hydroxylation is 2. The summed E-state index contributed by atoms with van der Waals surface area (Å²) in [7, 11) is 0. The van der Waals surface area contributed by atoms with Gasteiger partial charge in [0.25, 0.3) is 0 Å². The minimum absolute atomic E-state index is 0.0727. The monoisotopic (exact) mass is 325 g/mol. The van der Waals surface area contributed by atoms with Gasteiger partial charge in [-0.15, -0.1) is 11.3 Å². The molecule has 1 heterocycles. The van der Waals surface area contributed by atoms with Gasteiger partial charge in [0, 0.05) is 17.5 Å². The normalized spacial score (nSPS) is 17.2. The average molecular weight is 325 g/mol. The molecule has 3 N–H and O–H groups in total. The number of carbonyl (C=O) groups is 1. The van der Waals surface area contributed by atoms with E-state index in [1.54, 1.807) is 11.3 Å². The molecule has 1 aliphatic carbocycles. The molecule has 0 spiro atoms. The lowest BCUT2D eigenvalue weighted by Gasteiger charge is -2.30. The zero-order valence-corrected chi connectivity index (χ0v) is 14.3. The minimum Gasteiger partial charge on any atom is -0.396 e. The van der Waals surface area contributed by atoms with Crippen molar-refractivity contribution < 1.29 is 9.90 Å². The van der Waals surface area contributed by atoms with E-state index in [-0.39, 0.29) is 18.7 Å². The van der Waals surface area contributed by atoms with Gasteiger partial charge < -0.3 is 15.7 Å². The summed E-state index contributed by atoms with van der Waals surface area (Å²) in [6, 6.07) is -0.0855. The fourth-order valence-electron chi connectivity index (χ4n) is 3.22. The lowest BCUT2D eigenvalue weighted by Crippen LogP contribution is -2.46. The Labute approximate surface area is 136 Å². The number of hydrogen-bond donors (Lipinski definition) is 3. The third kappa shape index (κ3) is 4.95. The molecule has 1 atom stereocenters. The second kappa shape index (κ2) is 8.48. The van der Waals surface area contributed by atoms with E-state index in [2.05, 4.69) is 15.6 Å². The molecule has 5 nitrogen and oxygen atoms in total. The number of carbonyl (C=O) groups excluding carboxylic acids is 1. The first-order valence-electron chi connectivity index (χ1n) is 8.18. The standard InChI is InChI=1S/C16H27N3O2S/c1-11-15(18-12(2)22-11)10-17-16(21)19-14(8-9-20)13-6-4-3-5-7-13/h13-14,20H,3-10H2,1-2H3,(H2,17,19,21). The van der Waals surface area contributed by atoms with Crippen molar-refractivity contribution in [3.05, 3.63) is 15.6 Å². The molecule has 1 aliphatic rings. The number of aromatic nitrogens is 1. The van der Waals surface area contributed by atoms with Gasteiger partial charge in [0.05, 0.1) is 17.2 Å². The second-order valence-electron chi connectivity index (χ2n) is 6.08. The summed E-state index contributed by atoms with van der Waals surface area (Å²) < 4.78 is 0. The molecule has 2 amide bonds. The van der Waals surface area contributed by atoms with Crippen LogP contribution in [0.2, 0.25) is 0 Å². The smallest absolute Gasteiger partial charge is 0.315 e. The molecular formula is C16H27N3O2S. The number of aliphatic hydroxyl groups excluding tert-OH is 1. The van der Waals surface area contributed by atoms with E-state index in [9.17, 15) is 9.90 Å². The average Bonchev–Trinajstić information content (AvgIpc) is 2.83. The van der Waals surface area contributed by atoms with Gasteiger partial charge in [0.1, 0.15) is 0 Å². The van der Waals surface area contributed by atoms with Crippen LogP contribution in [0.15, 0.2) is 0 Å². The Kier molecular flexibility index (Phi) is 6.64. The summed E-state index contributed by atoms with van der Waals surface area (Å²) in [5, 5.41) is 16.2. The van der Waals surface area contributed by atoms with Gasteiger partial charge in [-0.05, 0) is 39.0 Å². The van der Waals surface area contributed by atoms with E-state index in [0.717, 1.165) is 28.4 Å². The molecule has 1 aromatic heterocycles. The number of nitrogens with zero attached hydrogens (tertiary/aromatic N) is 1. The van der Waals surface area contributed by atoms with Crippen molar-refractivity contribution in [2.24, 2.45) is 5.92 Å². The number of hydrogen-bond acceptors (Lipinski definition) is 4. The first kappa shape index (κ1) is 17.2. The molecule has 6 heteroatoms. The van der Waals surface area contributed by atoms with Crippen LogP contribution < -0.4 is 10.6 Å². The summed E-state index contributed by atoms with van der Waals surface area (Å²) in [4.78, 5) is 17.7. The van der Waals surface area contributed by atoms with Crippen LogP contribution in [0.3, 0.4) is 0 Å². The molecule has 0 aromatic carbocycles. The second-order valence-corrected chi connectivity index (χ2v) is 7.49. The molecule has 1 saturated carbocycles. The lowest BCUT2D eigenvalue weighted by atomic mass is 9.83. The Bertz CT molecular complexity index is 484. The Morgan fingerprint density at radius 1 is 1.36 bits per heavy atom. The molecule has 0 saturated heterocycles. The van der Waals surface area contributed by atoms with Gasteiger partial charge in [-0.1, -0.05) is 19.3 Å². The molecule has 124 valence electrons. The zero-order valence-electron chi connectivity index (χ0n) is 13.5. The Balaban J connectivity index is 1.83. The number of aliphatic hydroxyl groups is 1. The lowest BCUT2D eigenvalue weighted by molar-refractivity contribution is 0.196. The van der Waals surface area contributed by atoms with Gasteiger partial charge in [-0.25, -0.2) is 9.78 Å². The highest BCUT2D eigenvalue weighted by Crippen LogP contribution is 2.27. The van der Waals surface area contributed by atoms with Crippen LogP contribution in [0.4, 0.5) is 4.79 Å². The molecule has 0 aliphatic heterocycles. The first-order valence-corrected chi connectivity index (χ1v) is 9.00. The van der Waals surface area contributed by atoms with E-state index < -0.39 is 0 Å². The molecule has 22 heavy (non-hydrogen) atoms. The number of nitrogens with one attached hydrogen (secondary N) is 2. The van der Waals surface area contributed by atoms with Crippen LogP contribution in [0, 0.1) is 19.8 Å². The minimum atomic E-state index is -0.158. The van der Waals surface area contributed by atoms with Crippen LogP contribution in [-0.2, 0) is 6.54 Å². The maximum atomic E-state index is 12.1. The molecule has 0 bridgehead atoms. The van der Waals surface area contributed by atoms with Crippen molar-refractivity contribution >= 4 is 17.4 Å². The maximum absolute atomic E-state index is 12.1. The van der Waals surface area contributed by atoms with Gasteiger partial charge >= 0.3 is 6.03 Å². The molecule has 1 fully saturated rings. The van der Waals surface area contributed by atoms with Crippen molar-refractivity contribution in [3.8, 4) is 0 Å². The SMILES string of the molecule is Cc1nc(CNC(=O)NC(CCO)C2CCCCC2)c(C)s1. The third-order valence-electron chi connectivity index (χ3n) is 4.39. The zero-order chi connectivity index (χ0) is 15.9. The Morgan fingerprint density at radius 2 is 2.09 bits per heavy atom. The van der Waals surface area contributed by atoms with Crippen molar-refractivity contribution in [1.29, 1.82) is 0 Å². The Hall–Kier alpha value is -1.14. The Morgan fingerprint density at radius 3 is 2.68 bits per heavy atom. The van der Waals surface area contributed by atoms with Crippen molar-refractivity contribution in [1.82, 2.24) is 15.6 Å². The van der Waals surface area contributed by atoms with Gasteiger partial charge in [0.15, 0.2) is 0 Å². The first-order chi connectivity index (χ1) is 10.6. The largest absolute Gasteiger partial charge is 0.396 e. The van der Waals surface area contributed by atoms with Crippen molar-refractivity contribution in [2.45, 2.75) is 65.0 Å². The summed E-state index contributed by atoms with van der Waals surface area (Å²) in [6.07, 6.45) is 6.68. The topological polar surface area (TPSA) is 74.2 Å². The number of urea groups is 1. The van der Waals surface area contributed by atoms with Crippen molar-refractivity contribution in [3.63, 3.8) is 0 Å². The van der Waals surface area contributed by atoms with Gasteiger partial charge in [0.2, 0.25) is 0 Å². The van der Waals surface area contributed by atoms with Crippen LogP contribution in [0.5, 0.6) is 0 Å². The number of amides is 2. The van der Waals surface area contributed by atoms with Crippen LogP contribution in [-0.4, -0.2) is 28.8 Å². The number of rotatable bonds is 6. The predicted molar refractivity (Wildman–Crippen MR) is 89.0 cm³/mol. The van der Waals surface area contributed by atoms with Gasteiger partial charge in [-0.2, -0.15) is 0 Å². The highest BCUT2D eigenvalue weighted by molar-refractivity contribution is 7.11. The summed E-state index contributed by atoms with van der Waals surface area (Å²) in [5.41, 5.74) is 0.939. The fraction of sp³-hybridized carbons (Fsp3) is 0.750. The summed E-state index contributed by atoms with van der Waals surface area (Å²) in [5.74, 6) is 0.495. The van der Waals surface area contributed by atoms with E-state index in [1.165, 1.54) is 19.3 Å². The quantitative estimate of drug-likeness (QED) is 0.753. The van der Waals surface area contributed by atoms with Crippen LogP contribution >= 0.6 is 11.3 Å².